The van der Waals surface area contributed by atoms with Crippen LogP contribution in [0.5, 0.6) is 0 Å². The van der Waals surface area contributed by atoms with E-state index in [1.165, 1.54) is 43.0 Å². The van der Waals surface area contributed by atoms with E-state index in [2.05, 4.69) is 36.0 Å². The maximum Gasteiger partial charge on any atom is 0.0798 e. The van der Waals surface area contributed by atoms with Crippen LogP contribution in [0.15, 0.2) is 5.51 Å². The molecule has 0 amide bonds. The third-order valence-electron chi connectivity index (χ3n) is 4.22. The van der Waals surface area contributed by atoms with Crippen molar-refractivity contribution in [2.24, 2.45) is 5.92 Å². The number of aromatic nitrogens is 1. The van der Waals surface area contributed by atoms with Gasteiger partial charge in [0.05, 0.1) is 11.2 Å². The molecule has 1 saturated heterocycles. The standard InChI is InChI=1S/C14H25N3S/c1-4-17-7-5-13(6-8-17)11(2)15-9-14-12(3)16-10-18-14/h10-11,13,15H,4-9H2,1-3H3. The highest BCUT2D eigenvalue weighted by molar-refractivity contribution is 7.09. The molecule has 1 unspecified atom stereocenters. The van der Waals surface area contributed by atoms with Gasteiger partial charge in [-0.05, 0) is 52.2 Å². The van der Waals surface area contributed by atoms with Crippen molar-refractivity contribution in [3.8, 4) is 0 Å². The van der Waals surface area contributed by atoms with Crippen LogP contribution in [0, 0.1) is 12.8 Å². The summed E-state index contributed by atoms with van der Waals surface area (Å²) in [5, 5.41) is 3.68. The van der Waals surface area contributed by atoms with Gasteiger partial charge in [0.25, 0.3) is 0 Å². The summed E-state index contributed by atoms with van der Waals surface area (Å²) in [4.78, 5) is 8.23. The van der Waals surface area contributed by atoms with Gasteiger partial charge in [0.1, 0.15) is 0 Å². The van der Waals surface area contributed by atoms with E-state index in [1.807, 2.05) is 5.51 Å². The Morgan fingerprint density at radius 1 is 1.50 bits per heavy atom. The Balaban J connectivity index is 1.75. The molecule has 1 aliphatic heterocycles. The van der Waals surface area contributed by atoms with Crippen LogP contribution in [0.25, 0.3) is 0 Å². The fourth-order valence-corrected chi connectivity index (χ4v) is 3.41. The molecule has 0 spiro atoms. The number of hydrogen-bond acceptors (Lipinski definition) is 4. The highest BCUT2D eigenvalue weighted by Gasteiger charge is 2.22. The van der Waals surface area contributed by atoms with Crippen LogP contribution >= 0.6 is 11.3 Å². The molecule has 1 N–H and O–H groups in total. The molecule has 1 aromatic heterocycles. The third-order valence-corrected chi connectivity index (χ3v) is 5.15. The number of piperidine rings is 1. The van der Waals surface area contributed by atoms with E-state index in [4.69, 9.17) is 0 Å². The van der Waals surface area contributed by atoms with Gasteiger partial charge in [0, 0.05) is 17.5 Å². The van der Waals surface area contributed by atoms with Crippen molar-refractivity contribution < 1.29 is 0 Å². The van der Waals surface area contributed by atoms with Crippen LogP contribution in [0.1, 0.15) is 37.3 Å². The van der Waals surface area contributed by atoms with Gasteiger partial charge < -0.3 is 10.2 Å². The fourth-order valence-electron chi connectivity index (χ4n) is 2.69. The van der Waals surface area contributed by atoms with E-state index in [9.17, 15) is 0 Å². The minimum Gasteiger partial charge on any atom is -0.309 e. The van der Waals surface area contributed by atoms with Crippen molar-refractivity contribution in [2.75, 3.05) is 19.6 Å². The fraction of sp³-hybridized carbons (Fsp3) is 0.786. The lowest BCUT2D eigenvalue weighted by atomic mass is 9.90. The second-order valence-electron chi connectivity index (χ2n) is 5.30. The molecule has 1 atom stereocenters. The highest BCUT2D eigenvalue weighted by atomic mass is 32.1. The number of nitrogens with one attached hydrogen (secondary N) is 1. The second-order valence-corrected chi connectivity index (χ2v) is 6.24. The normalized spacial score (nSPS) is 20.2. The third kappa shape index (κ3) is 3.53. The molecule has 0 aromatic carbocycles. The van der Waals surface area contributed by atoms with Crippen LogP contribution < -0.4 is 5.32 Å². The summed E-state index contributed by atoms with van der Waals surface area (Å²) in [5.74, 6) is 0.834. The number of rotatable bonds is 5. The number of aryl methyl sites for hydroxylation is 1. The maximum absolute atomic E-state index is 4.30. The molecule has 4 heteroatoms. The first-order valence-corrected chi connectivity index (χ1v) is 7.93. The lowest BCUT2D eigenvalue weighted by Gasteiger charge is -2.34. The van der Waals surface area contributed by atoms with Gasteiger partial charge >= 0.3 is 0 Å². The van der Waals surface area contributed by atoms with Crippen LogP contribution in [0.2, 0.25) is 0 Å². The van der Waals surface area contributed by atoms with E-state index in [-0.39, 0.29) is 0 Å². The van der Waals surface area contributed by atoms with Crippen molar-refractivity contribution >= 4 is 11.3 Å². The highest BCUT2D eigenvalue weighted by Crippen LogP contribution is 2.21. The van der Waals surface area contributed by atoms with Crippen molar-refractivity contribution in [3.05, 3.63) is 16.1 Å². The van der Waals surface area contributed by atoms with Gasteiger partial charge in [-0.2, -0.15) is 0 Å². The van der Waals surface area contributed by atoms with Gasteiger partial charge in [0.2, 0.25) is 0 Å². The Bertz CT molecular complexity index is 356. The summed E-state index contributed by atoms with van der Waals surface area (Å²) >= 11 is 1.76. The number of likely N-dealkylation sites (tertiary alicyclic amines) is 1. The Hall–Kier alpha value is -0.450. The molecule has 3 nitrogen and oxygen atoms in total. The van der Waals surface area contributed by atoms with Crippen LogP contribution in [-0.4, -0.2) is 35.6 Å². The van der Waals surface area contributed by atoms with Gasteiger partial charge in [-0.3, -0.25) is 0 Å². The first-order valence-electron chi connectivity index (χ1n) is 7.05. The molecule has 0 bridgehead atoms. The summed E-state index contributed by atoms with van der Waals surface area (Å²) < 4.78 is 0. The summed E-state index contributed by atoms with van der Waals surface area (Å²) in [6.45, 7) is 11.4. The molecule has 102 valence electrons. The predicted octanol–water partition coefficient (Wildman–Crippen LogP) is 2.66. The maximum atomic E-state index is 4.30. The Labute approximate surface area is 115 Å². The molecule has 2 heterocycles. The van der Waals surface area contributed by atoms with Crippen molar-refractivity contribution in [2.45, 2.75) is 46.2 Å². The Morgan fingerprint density at radius 3 is 2.78 bits per heavy atom. The average molecular weight is 267 g/mol. The first-order chi connectivity index (χ1) is 8.70. The molecule has 0 radical (unpaired) electrons. The molecule has 18 heavy (non-hydrogen) atoms. The van der Waals surface area contributed by atoms with Crippen molar-refractivity contribution in [3.63, 3.8) is 0 Å². The van der Waals surface area contributed by atoms with Gasteiger partial charge in [-0.1, -0.05) is 6.92 Å². The summed E-state index contributed by atoms with van der Waals surface area (Å²) in [6.07, 6.45) is 2.67. The average Bonchev–Trinajstić information content (AvgIpc) is 2.81. The molecular weight excluding hydrogens is 242 g/mol. The lowest BCUT2D eigenvalue weighted by molar-refractivity contribution is 0.168. The molecule has 1 aromatic rings. The molecular formula is C14H25N3S. The number of hydrogen-bond donors (Lipinski definition) is 1. The smallest absolute Gasteiger partial charge is 0.0798 e. The van der Waals surface area contributed by atoms with Crippen LogP contribution in [0.3, 0.4) is 0 Å². The topological polar surface area (TPSA) is 28.2 Å². The summed E-state index contributed by atoms with van der Waals surface area (Å²) in [7, 11) is 0. The summed E-state index contributed by atoms with van der Waals surface area (Å²) in [5.41, 5.74) is 3.12. The van der Waals surface area contributed by atoms with E-state index in [0.717, 1.165) is 12.5 Å². The molecule has 2 rings (SSSR count). The quantitative estimate of drug-likeness (QED) is 0.889. The zero-order chi connectivity index (χ0) is 13.0. The largest absolute Gasteiger partial charge is 0.309 e. The zero-order valence-electron chi connectivity index (χ0n) is 11.8. The SMILES string of the molecule is CCN1CCC(C(C)NCc2scnc2C)CC1. The van der Waals surface area contributed by atoms with Gasteiger partial charge in [-0.15, -0.1) is 11.3 Å². The minimum absolute atomic E-state index is 0.616. The van der Waals surface area contributed by atoms with Crippen molar-refractivity contribution in [1.82, 2.24) is 15.2 Å². The van der Waals surface area contributed by atoms with E-state index >= 15 is 0 Å². The van der Waals surface area contributed by atoms with E-state index in [0.29, 0.717) is 6.04 Å². The molecule has 1 fully saturated rings. The first kappa shape index (κ1) is 14.0. The lowest BCUT2D eigenvalue weighted by Crippen LogP contribution is -2.41. The number of nitrogens with zero attached hydrogens (tertiary/aromatic N) is 2. The zero-order valence-corrected chi connectivity index (χ0v) is 12.6. The van der Waals surface area contributed by atoms with E-state index in [1.54, 1.807) is 11.3 Å². The van der Waals surface area contributed by atoms with Crippen molar-refractivity contribution in [1.29, 1.82) is 0 Å². The minimum atomic E-state index is 0.616. The Morgan fingerprint density at radius 2 is 2.22 bits per heavy atom. The predicted molar refractivity (Wildman–Crippen MR) is 78.0 cm³/mol. The van der Waals surface area contributed by atoms with Crippen LogP contribution in [0.4, 0.5) is 0 Å². The van der Waals surface area contributed by atoms with Crippen LogP contribution in [-0.2, 0) is 6.54 Å². The molecule has 0 saturated carbocycles. The Kier molecular flexibility index (Phi) is 5.15. The second kappa shape index (κ2) is 6.64. The molecule has 1 aliphatic rings. The molecule has 0 aliphatic carbocycles. The van der Waals surface area contributed by atoms with E-state index < -0.39 is 0 Å². The monoisotopic (exact) mass is 267 g/mol. The summed E-state index contributed by atoms with van der Waals surface area (Å²) in [6, 6.07) is 0.616. The van der Waals surface area contributed by atoms with Gasteiger partial charge in [-0.25, -0.2) is 4.98 Å². The van der Waals surface area contributed by atoms with Gasteiger partial charge in [0.15, 0.2) is 0 Å². The number of thiazole rings is 1.